The Morgan fingerprint density at radius 2 is 2.08 bits per heavy atom. The fourth-order valence-electron chi connectivity index (χ4n) is 2.82. The van der Waals surface area contributed by atoms with Crippen molar-refractivity contribution in [3.05, 3.63) is 34.9 Å². The summed E-state index contributed by atoms with van der Waals surface area (Å²) in [6.07, 6.45) is 1.16. The summed E-state index contributed by atoms with van der Waals surface area (Å²) in [4.78, 5) is 24.1. The molecule has 1 atom stereocenters. The fraction of sp³-hybridized carbons (Fsp3) is 0.500. The molecular weight excluding hydrogens is 353 g/mol. The number of carbonyl (C=O) groups is 2. The van der Waals surface area contributed by atoms with Gasteiger partial charge in [-0.2, -0.15) is 0 Å². The minimum atomic E-state index is -0.875. The van der Waals surface area contributed by atoms with Gasteiger partial charge in [0.15, 0.2) is 0 Å². The van der Waals surface area contributed by atoms with Crippen molar-refractivity contribution in [2.24, 2.45) is 5.73 Å². The van der Waals surface area contributed by atoms with Crippen molar-refractivity contribution in [1.29, 1.82) is 0 Å². The van der Waals surface area contributed by atoms with Crippen molar-refractivity contribution in [3.8, 4) is 0 Å². The third-order valence-corrected chi connectivity index (χ3v) is 4.41. The number of methoxy groups -OCH3 is 1. The van der Waals surface area contributed by atoms with Crippen LogP contribution in [-0.2, 0) is 14.3 Å². The summed E-state index contributed by atoms with van der Waals surface area (Å²) in [5, 5.41) is 6.64. The van der Waals surface area contributed by atoms with Crippen LogP contribution in [0.2, 0.25) is 5.02 Å². The third kappa shape index (κ3) is 5.08. The maximum atomic E-state index is 12.8. The van der Waals surface area contributed by atoms with Crippen LogP contribution in [0.15, 0.2) is 24.3 Å². The predicted octanol–water partition coefficient (Wildman–Crippen LogP) is 1.56. The lowest BCUT2D eigenvalue weighted by molar-refractivity contribution is -0.147. The molecule has 1 aromatic rings. The number of halogens is 2. The van der Waals surface area contributed by atoms with Gasteiger partial charge >= 0.3 is 0 Å². The molecule has 6 nitrogen and oxygen atoms in total. The van der Waals surface area contributed by atoms with Gasteiger partial charge in [-0.1, -0.05) is 23.7 Å². The molecule has 8 heteroatoms. The predicted molar refractivity (Wildman–Crippen MR) is 95.2 cm³/mol. The smallest absolute Gasteiger partial charge is 0.252 e. The van der Waals surface area contributed by atoms with E-state index in [0.29, 0.717) is 31.0 Å². The van der Waals surface area contributed by atoms with Gasteiger partial charge in [0.2, 0.25) is 5.91 Å². The van der Waals surface area contributed by atoms with E-state index in [2.05, 4.69) is 10.6 Å². The van der Waals surface area contributed by atoms with E-state index in [4.69, 9.17) is 22.1 Å². The summed E-state index contributed by atoms with van der Waals surface area (Å²) < 4.78 is 5.51. The number of nitrogens with two attached hydrogens (primary N) is 1. The van der Waals surface area contributed by atoms with Gasteiger partial charge in [0.25, 0.3) is 5.91 Å². The zero-order chi connectivity index (χ0) is 16.9. The van der Waals surface area contributed by atoms with Crippen LogP contribution in [-0.4, -0.2) is 37.6 Å². The molecule has 1 aliphatic heterocycles. The van der Waals surface area contributed by atoms with E-state index in [1.807, 2.05) is 6.07 Å². The third-order valence-electron chi connectivity index (χ3n) is 4.18. The van der Waals surface area contributed by atoms with Crippen molar-refractivity contribution in [2.75, 3.05) is 20.2 Å². The van der Waals surface area contributed by atoms with Crippen LogP contribution in [0.25, 0.3) is 0 Å². The standard InChI is InChI=1S/C16H22ClN3O3.ClH/c1-23-16(5-7-19-8-6-16)15(22)20-13(10-14(18)21)11-3-2-4-12(17)9-11;/h2-4,9,13,19H,5-8,10H2,1H3,(H2,18,21)(H,20,22);1H/t13-;/m1./s1. The summed E-state index contributed by atoms with van der Waals surface area (Å²) in [6, 6.07) is 6.51. The molecule has 0 aliphatic carbocycles. The summed E-state index contributed by atoms with van der Waals surface area (Å²) in [7, 11) is 1.54. The number of piperidine rings is 1. The average Bonchev–Trinajstić information content (AvgIpc) is 2.54. The van der Waals surface area contributed by atoms with E-state index in [1.54, 1.807) is 18.2 Å². The number of hydrogen-bond donors (Lipinski definition) is 3. The second-order valence-electron chi connectivity index (χ2n) is 5.70. The number of primary amides is 1. The molecule has 0 bridgehead atoms. The van der Waals surface area contributed by atoms with E-state index in [9.17, 15) is 9.59 Å². The number of rotatable bonds is 6. The monoisotopic (exact) mass is 375 g/mol. The molecular formula is C16H23Cl2N3O3. The Hall–Kier alpha value is -1.34. The average molecular weight is 376 g/mol. The lowest BCUT2D eigenvalue weighted by Crippen LogP contribution is -2.54. The Morgan fingerprint density at radius 3 is 2.62 bits per heavy atom. The topological polar surface area (TPSA) is 93.4 Å². The molecule has 24 heavy (non-hydrogen) atoms. The molecule has 1 heterocycles. The number of nitrogens with one attached hydrogen (secondary N) is 2. The number of hydrogen-bond acceptors (Lipinski definition) is 4. The van der Waals surface area contributed by atoms with Crippen molar-refractivity contribution in [1.82, 2.24) is 10.6 Å². The minimum Gasteiger partial charge on any atom is -0.370 e. The molecule has 0 aromatic heterocycles. The Balaban J connectivity index is 0.00000288. The van der Waals surface area contributed by atoms with E-state index in [1.165, 1.54) is 7.11 Å². The lowest BCUT2D eigenvalue weighted by Gasteiger charge is -2.36. The Kier molecular flexibility index (Phi) is 7.96. The van der Waals surface area contributed by atoms with Gasteiger partial charge in [-0.05, 0) is 43.6 Å². The number of carbonyl (C=O) groups excluding carboxylic acids is 2. The number of benzene rings is 1. The summed E-state index contributed by atoms with van der Waals surface area (Å²) in [6.45, 7) is 1.41. The second kappa shape index (κ2) is 9.22. The van der Waals surface area contributed by atoms with Crippen molar-refractivity contribution < 1.29 is 14.3 Å². The Labute approximate surface area is 152 Å². The van der Waals surface area contributed by atoms with E-state index in [-0.39, 0.29) is 24.7 Å². The van der Waals surface area contributed by atoms with Crippen molar-refractivity contribution >= 4 is 35.8 Å². The first-order valence-corrected chi connectivity index (χ1v) is 7.95. The SMILES string of the molecule is COC1(C(=O)N[C@H](CC(N)=O)c2cccc(Cl)c2)CCNCC1.Cl. The van der Waals surface area contributed by atoms with E-state index < -0.39 is 17.6 Å². The number of ether oxygens (including phenoxy) is 1. The lowest BCUT2D eigenvalue weighted by atomic mass is 9.90. The first-order chi connectivity index (χ1) is 11.0. The molecule has 0 saturated carbocycles. The van der Waals surface area contributed by atoms with Crippen LogP contribution in [0.5, 0.6) is 0 Å². The molecule has 134 valence electrons. The molecule has 1 saturated heterocycles. The maximum Gasteiger partial charge on any atom is 0.252 e. The summed E-state index contributed by atoms with van der Waals surface area (Å²) >= 11 is 6.00. The molecule has 0 unspecified atom stereocenters. The summed E-state index contributed by atoms with van der Waals surface area (Å²) in [5.41, 5.74) is 5.19. The van der Waals surface area contributed by atoms with Gasteiger partial charge < -0.3 is 21.1 Å². The zero-order valence-electron chi connectivity index (χ0n) is 13.5. The molecule has 0 spiro atoms. The Morgan fingerprint density at radius 1 is 1.42 bits per heavy atom. The first-order valence-electron chi connectivity index (χ1n) is 7.57. The highest BCUT2D eigenvalue weighted by Crippen LogP contribution is 2.26. The van der Waals surface area contributed by atoms with Gasteiger partial charge in [0.1, 0.15) is 5.60 Å². The van der Waals surface area contributed by atoms with Crippen molar-refractivity contribution in [3.63, 3.8) is 0 Å². The first kappa shape index (κ1) is 20.7. The van der Waals surface area contributed by atoms with Crippen molar-refractivity contribution in [2.45, 2.75) is 30.9 Å². The van der Waals surface area contributed by atoms with E-state index >= 15 is 0 Å². The van der Waals surface area contributed by atoms with Crippen LogP contribution in [0.4, 0.5) is 0 Å². The molecule has 1 aromatic carbocycles. The number of amides is 2. The highest BCUT2D eigenvalue weighted by molar-refractivity contribution is 6.30. The van der Waals surface area contributed by atoms with Gasteiger partial charge in [-0.15, -0.1) is 12.4 Å². The fourth-order valence-corrected chi connectivity index (χ4v) is 3.02. The molecule has 2 rings (SSSR count). The largest absolute Gasteiger partial charge is 0.370 e. The molecule has 1 aliphatic rings. The highest BCUT2D eigenvalue weighted by Gasteiger charge is 2.40. The quantitative estimate of drug-likeness (QED) is 0.703. The van der Waals surface area contributed by atoms with Crippen LogP contribution in [0.1, 0.15) is 30.9 Å². The Bertz CT molecular complexity index is 577. The van der Waals surface area contributed by atoms with E-state index in [0.717, 1.165) is 5.56 Å². The zero-order valence-corrected chi connectivity index (χ0v) is 15.1. The van der Waals surface area contributed by atoms with Gasteiger partial charge in [-0.3, -0.25) is 9.59 Å². The normalized spacial score (nSPS) is 17.4. The van der Waals surface area contributed by atoms with Crippen LogP contribution in [0.3, 0.4) is 0 Å². The maximum absolute atomic E-state index is 12.8. The molecule has 0 radical (unpaired) electrons. The molecule has 1 fully saturated rings. The van der Waals surface area contributed by atoms with Crippen LogP contribution in [0, 0.1) is 0 Å². The minimum absolute atomic E-state index is 0. The summed E-state index contributed by atoms with van der Waals surface area (Å²) in [5.74, 6) is -0.722. The van der Waals surface area contributed by atoms with Crippen LogP contribution >= 0.6 is 24.0 Å². The highest BCUT2D eigenvalue weighted by atomic mass is 35.5. The molecule has 4 N–H and O–H groups in total. The van der Waals surface area contributed by atoms with Gasteiger partial charge in [0.05, 0.1) is 12.5 Å². The second-order valence-corrected chi connectivity index (χ2v) is 6.14. The van der Waals surface area contributed by atoms with Gasteiger partial charge in [0, 0.05) is 12.1 Å². The van der Waals surface area contributed by atoms with Crippen LogP contribution < -0.4 is 16.4 Å². The van der Waals surface area contributed by atoms with Gasteiger partial charge in [-0.25, -0.2) is 0 Å². The molecule has 2 amide bonds.